The van der Waals surface area contributed by atoms with Gasteiger partial charge in [0.2, 0.25) is 5.91 Å². The molecule has 5 nitrogen and oxygen atoms in total. The Hall–Kier alpha value is -2.56. The Bertz CT molecular complexity index is 643. The quantitative estimate of drug-likeness (QED) is 0.801. The molecule has 0 aliphatic rings. The molecule has 0 spiro atoms. The summed E-state index contributed by atoms with van der Waals surface area (Å²) in [4.78, 5) is 22.7. The van der Waals surface area contributed by atoms with Crippen molar-refractivity contribution in [2.75, 3.05) is 6.54 Å². The Morgan fingerprint density at radius 3 is 2.84 bits per heavy atom. The number of hydrogen-bond acceptors (Lipinski definition) is 2. The molecule has 1 amide bonds. The fourth-order valence-electron chi connectivity index (χ4n) is 1.94. The third-order valence-electron chi connectivity index (χ3n) is 2.80. The van der Waals surface area contributed by atoms with E-state index in [4.69, 9.17) is 5.11 Å². The van der Waals surface area contributed by atoms with E-state index in [1.165, 1.54) is 0 Å². The molecule has 2 aromatic rings. The van der Waals surface area contributed by atoms with Crippen molar-refractivity contribution in [2.24, 2.45) is 0 Å². The van der Waals surface area contributed by atoms with Crippen molar-refractivity contribution in [1.29, 1.82) is 0 Å². The van der Waals surface area contributed by atoms with Gasteiger partial charge in [-0.05, 0) is 18.2 Å². The van der Waals surface area contributed by atoms with Crippen LogP contribution in [0.15, 0.2) is 43.1 Å². The van der Waals surface area contributed by atoms with Crippen LogP contribution in [-0.4, -0.2) is 28.1 Å². The number of aromatic nitrogens is 1. The first-order valence-electron chi connectivity index (χ1n) is 5.82. The second-order valence-electron chi connectivity index (χ2n) is 4.08. The summed E-state index contributed by atoms with van der Waals surface area (Å²) in [6.07, 6.45) is 3.32. The van der Waals surface area contributed by atoms with Crippen LogP contribution in [0.25, 0.3) is 10.9 Å². The highest BCUT2D eigenvalue weighted by atomic mass is 16.4. The fourth-order valence-corrected chi connectivity index (χ4v) is 1.94. The van der Waals surface area contributed by atoms with Crippen LogP contribution < -0.4 is 5.32 Å². The molecule has 0 aliphatic carbocycles. The summed E-state index contributed by atoms with van der Waals surface area (Å²) in [6, 6.07) is 6.72. The molecule has 1 heterocycles. The van der Waals surface area contributed by atoms with E-state index >= 15 is 0 Å². The molecule has 5 heteroatoms. The molecular weight excluding hydrogens is 244 g/mol. The maximum Gasteiger partial charge on any atom is 0.336 e. The Morgan fingerprint density at radius 2 is 2.16 bits per heavy atom. The van der Waals surface area contributed by atoms with Gasteiger partial charge in [-0.3, -0.25) is 4.79 Å². The van der Waals surface area contributed by atoms with Gasteiger partial charge in [-0.25, -0.2) is 4.79 Å². The Morgan fingerprint density at radius 1 is 1.37 bits per heavy atom. The number of carboxylic acid groups (broad SMARTS) is 1. The highest BCUT2D eigenvalue weighted by Gasteiger charge is 2.11. The van der Waals surface area contributed by atoms with Crippen molar-refractivity contribution in [2.45, 2.75) is 6.54 Å². The minimum absolute atomic E-state index is 0.141. The molecule has 98 valence electrons. The zero-order chi connectivity index (χ0) is 13.8. The number of fused-ring (bicyclic) bond motifs is 1. The first-order chi connectivity index (χ1) is 9.13. The molecular formula is C14H14N2O3. The van der Waals surface area contributed by atoms with Crippen LogP contribution in [0.2, 0.25) is 0 Å². The molecule has 2 rings (SSSR count). The zero-order valence-corrected chi connectivity index (χ0v) is 10.3. The summed E-state index contributed by atoms with van der Waals surface area (Å²) in [5.41, 5.74) is 0.969. The lowest BCUT2D eigenvalue weighted by molar-refractivity contribution is -0.121. The van der Waals surface area contributed by atoms with Crippen molar-refractivity contribution in [3.05, 3.63) is 48.7 Å². The average molecular weight is 258 g/mol. The number of carbonyl (C=O) groups excluding carboxylic acids is 1. The Labute approximate surface area is 110 Å². The predicted molar refractivity (Wildman–Crippen MR) is 72.1 cm³/mol. The average Bonchev–Trinajstić information content (AvgIpc) is 2.79. The van der Waals surface area contributed by atoms with E-state index in [9.17, 15) is 9.59 Å². The van der Waals surface area contributed by atoms with Gasteiger partial charge in [-0.1, -0.05) is 12.1 Å². The van der Waals surface area contributed by atoms with Crippen LogP contribution in [0.5, 0.6) is 0 Å². The molecule has 0 saturated carbocycles. The summed E-state index contributed by atoms with van der Waals surface area (Å²) >= 11 is 0. The number of amides is 1. The number of hydrogen-bond donors (Lipinski definition) is 2. The van der Waals surface area contributed by atoms with Crippen molar-refractivity contribution in [3.63, 3.8) is 0 Å². The molecule has 0 unspecified atom stereocenters. The highest BCUT2D eigenvalue weighted by molar-refractivity contribution is 6.03. The number of carbonyl (C=O) groups is 2. The first kappa shape index (κ1) is 12.9. The molecule has 0 bridgehead atoms. The van der Waals surface area contributed by atoms with E-state index in [1.54, 1.807) is 41.1 Å². The summed E-state index contributed by atoms with van der Waals surface area (Å²) in [7, 11) is 0. The predicted octanol–water partition coefficient (Wildman–Crippen LogP) is 1.64. The van der Waals surface area contributed by atoms with Gasteiger partial charge < -0.3 is 15.0 Å². The number of nitrogens with one attached hydrogen (secondary N) is 1. The van der Waals surface area contributed by atoms with Gasteiger partial charge in [0, 0.05) is 23.6 Å². The van der Waals surface area contributed by atoms with E-state index in [-0.39, 0.29) is 18.0 Å². The summed E-state index contributed by atoms with van der Waals surface area (Å²) < 4.78 is 1.72. The molecule has 2 N–H and O–H groups in total. The molecule has 1 aromatic carbocycles. The molecule has 0 saturated heterocycles. The first-order valence-corrected chi connectivity index (χ1v) is 5.82. The molecule has 0 aliphatic heterocycles. The number of carboxylic acids is 1. The van der Waals surface area contributed by atoms with Gasteiger partial charge >= 0.3 is 5.97 Å². The van der Waals surface area contributed by atoms with Gasteiger partial charge in [0.1, 0.15) is 6.54 Å². The van der Waals surface area contributed by atoms with Crippen molar-refractivity contribution >= 4 is 22.8 Å². The van der Waals surface area contributed by atoms with Gasteiger partial charge in [0.25, 0.3) is 0 Å². The molecule has 0 atom stereocenters. The van der Waals surface area contributed by atoms with Crippen molar-refractivity contribution in [1.82, 2.24) is 9.88 Å². The normalized spacial score (nSPS) is 10.3. The number of rotatable bonds is 5. The van der Waals surface area contributed by atoms with Crippen LogP contribution in [0.1, 0.15) is 10.4 Å². The molecule has 1 aromatic heterocycles. The third kappa shape index (κ3) is 2.65. The maximum absolute atomic E-state index is 11.6. The lowest BCUT2D eigenvalue weighted by Gasteiger charge is -2.06. The zero-order valence-electron chi connectivity index (χ0n) is 10.3. The summed E-state index contributed by atoms with van der Waals surface area (Å²) in [5.74, 6) is -1.11. The van der Waals surface area contributed by atoms with E-state index < -0.39 is 5.97 Å². The van der Waals surface area contributed by atoms with E-state index in [2.05, 4.69) is 11.9 Å². The van der Waals surface area contributed by atoms with Crippen LogP contribution in [0.4, 0.5) is 0 Å². The molecule has 0 radical (unpaired) electrons. The largest absolute Gasteiger partial charge is 0.478 e. The van der Waals surface area contributed by atoms with E-state index in [0.29, 0.717) is 11.9 Å². The second kappa shape index (κ2) is 5.39. The maximum atomic E-state index is 11.6. The number of nitrogens with zero attached hydrogens (tertiary/aromatic N) is 1. The van der Waals surface area contributed by atoms with E-state index in [1.807, 2.05) is 0 Å². The Kier molecular flexibility index (Phi) is 3.66. The number of benzene rings is 1. The summed E-state index contributed by atoms with van der Waals surface area (Å²) in [6.45, 7) is 4.09. The van der Waals surface area contributed by atoms with Crippen LogP contribution >= 0.6 is 0 Å². The van der Waals surface area contributed by atoms with Gasteiger partial charge in [0.15, 0.2) is 0 Å². The van der Waals surface area contributed by atoms with Crippen LogP contribution in [0.3, 0.4) is 0 Å². The van der Waals surface area contributed by atoms with Crippen molar-refractivity contribution in [3.8, 4) is 0 Å². The summed E-state index contributed by atoms with van der Waals surface area (Å²) in [5, 5.41) is 12.4. The van der Waals surface area contributed by atoms with E-state index in [0.717, 1.165) is 5.52 Å². The highest BCUT2D eigenvalue weighted by Crippen LogP contribution is 2.20. The van der Waals surface area contributed by atoms with Gasteiger partial charge in [0.05, 0.1) is 5.56 Å². The topological polar surface area (TPSA) is 71.3 Å². The van der Waals surface area contributed by atoms with Gasteiger partial charge in [-0.15, -0.1) is 6.58 Å². The monoisotopic (exact) mass is 258 g/mol. The lowest BCUT2D eigenvalue weighted by atomic mass is 10.1. The molecule has 0 fully saturated rings. The fraction of sp³-hybridized carbons (Fsp3) is 0.143. The SMILES string of the molecule is C=CCNC(=O)Cn1ccc2c(C(=O)O)cccc21. The van der Waals surface area contributed by atoms with Crippen LogP contribution in [0, 0.1) is 0 Å². The van der Waals surface area contributed by atoms with Gasteiger partial charge in [-0.2, -0.15) is 0 Å². The lowest BCUT2D eigenvalue weighted by Crippen LogP contribution is -2.27. The van der Waals surface area contributed by atoms with Crippen molar-refractivity contribution < 1.29 is 14.7 Å². The van der Waals surface area contributed by atoms with Crippen LogP contribution in [-0.2, 0) is 11.3 Å². The smallest absolute Gasteiger partial charge is 0.336 e. The number of aromatic carboxylic acids is 1. The molecule has 19 heavy (non-hydrogen) atoms. The second-order valence-corrected chi connectivity index (χ2v) is 4.08. The minimum Gasteiger partial charge on any atom is -0.478 e. The third-order valence-corrected chi connectivity index (χ3v) is 2.80. The minimum atomic E-state index is -0.973. The standard InChI is InChI=1S/C14H14N2O3/c1-2-7-15-13(17)9-16-8-6-10-11(14(18)19)4-3-5-12(10)16/h2-6,8H,1,7,9H2,(H,15,17)(H,18,19). The Balaban J connectivity index is 2.31.